The van der Waals surface area contributed by atoms with Crippen molar-refractivity contribution in [3.63, 3.8) is 0 Å². The first-order chi connectivity index (χ1) is 9.24. The van der Waals surface area contributed by atoms with Crippen LogP contribution in [0.25, 0.3) is 0 Å². The van der Waals surface area contributed by atoms with Crippen molar-refractivity contribution in [2.75, 3.05) is 0 Å². The number of aliphatic hydroxyl groups is 1. The minimum Gasteiger partial charge on any atom is -0.485 e. The van der Waals surface area contributed by atoms with Crippen molar-refractivity contribution in [2.24, 2.45) is 0 Å². The number of aromatic nitrogens is 2. The maximum Gasteiger partial charge on any atom is 0.226 e. The Morgan fingerprint density at radius 2 is 2.11 bits per heavy atom. The molecule has 0 spiro atoms. The standard InChI is InChI=1S/C14H18N2O3/c1-3-11(17)10-7-5-6-8-12(10)18-9-13-15-14(4-2)19-16-13/h5-8,11,17H,3-4,9H2,1-2H3/t11-/m0/s1. The average Bonchev–Trinajstić information content (AvgIpc) is 2.92. The van der Waals surface area contributed by atoms with E-state index in [1.54, 1.807) is 0 Å². The normalized spacial score (nSPS) is 12.4. The molecule has 1 aromatic carbocycles. The van der Waals surface area contributed by atoms with Crippen LogP contribution in [0.2, 0.25) is 0 Å². The summed E-state index contributed by atoms with van der Waals surface area (Å²) < 4.78 is 10.7. The summed E-state index contributed by atoms with van der Waals surface area (Å²) in [7, 11) is 0. The molecule has 1 atom stereocenters. The van der Waals surface area contributed by atoms with E-state index >= 15 is 0 Å². The lowest BCUT2D eigenvalue weighted by Crippen LogP contribution is -2.03. The lowest BCUT2D eigenvalue weighted by atomic mass is 10.1. The second-order valence-corrected chi connectivity index (χ2v) is 4.21. The molecule has 0 amide bonds. The van der Waals surface area contributed by atoms with E-state index in [9.17, 15) is 5.11 Å². The zero-order valence-corrected chi connectivity index (χ0v) is 11.2. The molecule has 0 unspecified atom stereocenters. The van der Waals surface area contributed by atoms with Gasteiger partial charge in [0.05, 0.1) is 6.10 Å². The highest BCUT2D eigenvalue weighted by Crippen LogP contribution is 2.27. The van der Waals surface area contributed by atoms with E-state index in [1.807, 2.05) is 38.1 Å². The number of hydrogen-bond donors (Lipinski definition) is 1. The molecule has 1 aromatic heterocycles. The first kappa shape index (κ1) is 13.5. The monoisotopic (exact) mass is 262 g/mol. The molecule has 2 aromatic rings. The number of aryl methyl sites for hydroxylation is 1. The molecular formula is C14H18N2O3. The molecule has 0 radical (unpaired) electrons. The summed E-state index contributed by atoms with van der Waals surface area (Å²) in [6.45, 7) is 4.11. The average molecular weight is 262 g/mol. The van der Waals surface area contributed by atoms with Gasteiger partial charge in [0.25, 0.3) is 0 Å². The van der Waals surface area contributed by atoms with Gasteiger partial charge in [-0.1, -0.05) is 37.2 Å². The second kappa shape index (κ2) is 6.33. The number of rotatable bonds is 6. The molecule has 0 aliphatic heterocycles. The van der Waals surface area contributed by atoms with Crippen molar-refractivity contribution in [1.82, 2.24) is 10.1 Å². The molecule has 5 nitrogen and oxygen atoms in total. The molecule has 0 fully saturated rings. The van der Waals surface area contributed by atoms with Gasteiger partial charge in [-0.2, -0.15) is 4.98 Å². The third-order valence-electron chi connectivity index (χ3n) is 2.83. The van der Waals surface area contributed by atoms with Crippen LogP contribution in [0.1, 0.15) is 43.7 Å². The van der Waals surface area contributed by atoms with Crippen molar-refractivity contribution < 1.29 is 14.4 Å². The molecule has 1 N–H and O–H groups in total. The highest BCUT2D eigenvalue weighted by atomic mass is 16.5. The Balaban J connectivity index is 2.06. The Bertz CT molecular complexity index is 525. The molecule has 2 rings (SSSR count). The van der Waals surface area contributed by atoms with Gasteiger partial charge in [0.1, 0.15) is 5.75 Å². The lowest BCUT2D eigenvalue weighted by molar-refractivity contribution is 0.165. The molecule has 0 saturated heterocycles. The van der Waals surface area contributed by atoms with Crippen LogP contribution >= 0.6 is 0 Å². The summed E-state index contributed by atoms with van der Waals surface area (Å²) in [6, 6.07) is 7.44. The number of hydrogen-bond acceptors (Lipinski definition) is 5. The van der Waals surface area contributed by atoms with E-state index in [2.05, 4.69) is 10.1 Å². The summed E-state index contributed by atoms with van der Waals surface area (Å²) in [5, 5.41) is 13.7. The van der Waals surface area contributed by atoms with Crippen LogP contribution in [-0.2, 0) is 13.0 Å². The highest BCUT2D eigenvalue weighted by Gasteiger charge is 2.12. The number of benzene rings is 1. The van der Waals surface area contributed by atoms with Crippen LogP contribution in [0.15, 0.2) is 28.8 Å². The quantitative estimate of drug-likeness (QED) is 0.866. The van der Waals surface area contributed by atoms with E-state index in [4.69, 9.17) is 9.26 Å². The predicted octanol–water partition coefficient (Wildman–Crippen LogP) is 2.65. The molecule has 0 aliphatic carbocycles. The zero-order valence-electron chi connectivity index (χ0n) is 11.2. The van der Waals surface area contributed by atoms with Gasteiger partial charge in [-0.3, -0.25) is 0 Å². The molecule has 1 heterocycles. The Kier molecular flexibility index (Phi) is 4.52. The predicted molar refractivity (Wildman–Crippen MR) is 69.7 cm³/mol. The number of ether oxygens (including phenoxy) is 1. The van der Waals surface area contributed by atoms with Gasteiger partial charge in [0.15, 0.2) is 6.61 Å². The lowest BCUT2D eigenvalue weighted by Gasteiger charge is -2.13. The Labute approximate surface area is 112 Å². The van der Waals surface area contributed by atoms with Crippen molar-refractivity contribution in [3.05, 3.63) is 41.5 Å². The fraction of sp³-hybridized carbons (Fsp3) is 0.429. The van der Waals surface area contributed by atoms with Gasteiger partial charge >= 0.3 is 0 Å². The molecule has 0 bridgehead atoms. The molecule has 5 heteroatoms. The fourth-order valence-corrected chi connectivity index (χ4v) is 1.74. The maximum absolute atomic E-state index is 9.92. The fourth-order valence-electron chi connectivity index (χ4n) is 1.74. The first-order valence-electron chi connectivity index (χ1n) is 6.45. The first-order valence-corrected chi connectivity index (χ1v) is 6.45. The van der Waals surface area contributed by atoms with Crippen LogP contribution in [0.3, 0.4) is 0 Å². The summed E-state index contributed by atoms with van der Waals surface area (Å²) >= 11 is 0. The summed E-state index contributed by atoms with van der Waals surface area (Å²) in [5.41, 5.74) is 0.782. The van der Waals surface area contributed by atoms with E-state index in [1.165, 1.54) is 0 Å². The van der Waals surface area contributed by atoms with E-state index < -0.39 is 6.10 Å². The summed E-state index contributed by atoms with van der Waals surface area (Å²) in [4.78, 5) is 4.17. The van der Waals surface area contributed by atoms with Crippen molar-refractivity contribution in [1.29, 1.82) is 0 Å². The summed E-state index contributed by atoms with van der Waals surface area (Å²) in [6.07, 6.45) is 0.827. The topological polar surface area (TPSA) is 68.4 Å². The Morgan fingerprint density at radius 1 is 1.32 bits per heavy atom. The molecule has 0 saturated carbocycles. The SMILES string of the molecule is CCc1nc(COc2ccccc2[C@@H](O)CC)no1. The van der Waals surface area contributed by atoms with Gasteiger partial charge in [0, 0.05) is 12.0 Å². The van der Waals surface area contributed by atoms with Gasteiger partial charge in [-0.05, 0) is 12.5 Å². The highest BCUT2D eigenvalue weighted by molar-refractivity contribution is 5.35. The van der Waals surface area contributed by atoms with Crippen LogP contribution < -0.4 is 4.74 Å². The summed E-state index contributed by atoms with van der Waals surface area (Å²) in [5.74, 6) is 1.76. The largest absolute Gasteiger partial charge is 0.485 e. The molecular weight excluding hydrogens is 244 g/mol. The molecule has 19 heavy (non-hydrogen) atoms. The third-order valence-corrected chi connectivity index (χ3v) is 2.83. The smallest absolute Gasteiger partial charge is 0.226 e. The van der Waals surface area contributed by atoms with Crippen molar-refractivity contribution in [2.45, 2.75) is 39.4 Å². The number of nitrogens with zero attached hydrogens (tertiary/aromatic N) is 2. The molecule has 0 aliphatic rings. The second-order valence-electron chi connectivity index (χ2n) is 4.21. The Hall–Kier alpha value is -1.88. The van der Waals surface area contributed by atoms with E-state index in [-0.39, 0.29) is 6.61 Å². The van der Waals surface area contributed by atoms with Gasteiger partial charge in [-0.15, -0.1) is 0 Å². The van der Waals surface area contributed by atoms with Crippen molar-refractivity contribution >= 4 is 0 Å². The molecule has 102 valence electrons. The van der Waals surface area contributed by atoms with E-state index in [0.29, 0.717) is 30.3 Å². The van der Waals surface area contributed by atoms with Gasteiger partial charge in [-0.25, -0.2) is 0 Å². The van der Waals surface area contributed by atoms with Gasteiger partial charge < -0.3 is 14.4 Å². The number of aliphatic hydroxyl groups excluding tert-OH is 1. The minimum atomic E-state index is -0.521. The Morgan fingerprint density at radius 3 is 2.79 bits per heavy atom. The van der Waals surface area contributed by atoms with Crippen molar-refractivity contribution in [3.8, 4) is 5.75 Å². The zero-order chi connectivity index (χ0) is 13.7. The van der Waals surface area contributed by atoms with Crippen LogP contribution in [0.5, 0.6) is 5.75 Å². The number of para-hydroxylation sites is 1. The third kappa shape index (κ3) is 3.32. The van der Waals surface area contributed by atoms with Crippen LogP contribution in [0, 0.1) is 0 Å². The van der Waals surface area contributed by atoms with Crippen LogP contribution in [-0.4, -0.2) is 15.2 Å². The van der Waals surface area contributed by atoms with Crippen LogP contribution in [0.4, 0.5) is 0 Å². The van der Waals surface area contributed by atoms with E-state index in [0.717, 1.165) is 5.56 Å². The van der Waals surface area contributed by atoms with Gasteiger partial charge in [0.2, 0.25) is 11.7 Å². The minimum absolute atomic E-state index is 0.233. The maximum atomic E-state index is 9.92.